The summed E-state index contributed by atoms with van der Waals surface area (Å²) in [7, 11) is 0. The van der Waals surface area contributed by atoms with Crippen molar-refractivity contribution in [2.75, 3.05) is 13.2 Å². The Kier molecular flexibility index (Phi) is 8.92. The maximum atomic E-state index is 13.2. The first kappa shape index (κ1) is 30.5. The number of aliphatic hydroxyl groups is 1. The van der Waals surface area contributed by atoms with Crippen molar-refractivity contribution >= 4 is 74.0 Å². The lowest BCUT2D eigenvalue weighted by Crippen LogP contribution is -2.45. The predicted molar refractivity (Wildman–Crippen MR) is 157 cm³/mol. The normalized spacial score (nSPS) is 20.2. The van der Waals surface area contributed by atoms with Crippen LogP contribution in [-0.4, -0.2) is 40.2 Å². The van der Waals surface area contributed by atoms with Crippen molar-refractivity contribution in [3.8, 4) is 0 Å². The van der Waals surface area contributed by atoms with E-state index in [0.29, 0.717) is 50.1 Å². The highest BCUT2D eigenvalue weighted by atomic mass is 35.5. The molecule has 1 fully saturated rings. The first-order valence-electron chi connectivity index (χ1n) is 13.3. The van der Waals surface area contributed by atoms with E-state index in [1.54, 1.807) is 18.2 Å². The van der Waals surface area contributed by atoms with E-state index in [2.05, 4.69) is 9.97 Å². The molecule has 0 bridgehead atoms. The van der Waals surface area contributed by atoms with Gasteiger partial charge in [-0.15, -0.1) is 0 Å². The lowest BCUT2D eigenvalue weighted by molar-refractivity contribution is -0.272. The number of aromatic amines is 2. The molecule has 2 aromatic heterocycles. The van der Waals surface area contributed by atoms with Gasteiger partial charge < -0.3 is 19.8 Å². The molecule has 1 atom stereocenters. The molecule has 4 aromatic rings. The van der Waals surface area contributed by atoms with Gasteiger partial charge in [-0.25, -0.2) is 0 Å². The maximum Gasteiger partial charge on any atom is 0.422 e. The predicted octanol–water partition coefficient (Wildman–Crippen LogP) is 9.35. The van der Waals surface area contributed by atoms with Gasteiger partial charge in [0.05, 0.1) is 42.5 Å². The number of aryl methyl sites for hydroxylation is 2. The number of halogens is 7. The molecular weight excluding hydrogens is 623 g/mol. The summed E-state index contributed by atoms with van der Waals surface area (Å²) < 4.78 is 44.5. The fourth-order valence-electron chi connectivity index (χ4n) is 5.67. The molecule has 1 unspecified atom stereocenters. The number of hydrogen-bond donors (Lipinski definition) is 3. The third kappa shape index (κ3) is 5.71. The Morgan fingerprint density at radius 2 is 1.29 bits per heavy atom. The SMILES string of the molecule is C1CCOC1.O=C1CCCc2c1[nH]c1c(Cl)ccc(Cl)c21.OC1(C(F)(F)F)CCCc2c1[nH]c1c(Cl)ccc(Cl)c21. The van der Waals surface area contributed by atoms with E-state index < -0.39 is 11.8 Å². The van der Waals surface area contributed by atoms with E-state index in [1.165, 1.54) is 18.9 Å². The van der Waals surface area contributed by atoms with E-state index in [9.17, 15) is 23.1 Å². The Labute approximate surface area is 254 Å². The average Bonchev–Trinajstić information content (AvgIpc) is 3.69. The van der Waals surface area contributed by atoms with Crippen LogP contribution in [0, 0.1) is 0 Å². The number of carbonyl (C=O) groups excluding carboxylic acids is 1. The first-order valence-corrected chi connectivity index (χ1v) is 14.8. The van der Waals surface area contributed by atoms with E-state index in [0.717, 1.165) is 42.5 Å². The summed E-state index contributed by atoms with van der Waals surface area (Å²) in [6, 6.07) is 6.58. The van der Waals surface area contributed by atoms with Gasteiger partial charge in [-0.05, 0) is 80.3 Å². The summed E-state index contributed by atoms with van der Waals surface area (Å²) in [5.41, 5.74) is 0.143. The second kappa shape index (κ2) is 12.0. The topological polar surface area (TPSA) is 78.1 Å². The molecule has 0 saturated carbocycles. The minimum Gasteiger partial charge on any atom is -0.381 e. The average molecular weight is 650 g/mol. The number of nitrogens with one attached hydrogen (secondary N) is 2. The molecule has 2 aliphatic carbocycles. The standard InChI is InChI=1S/C13H10Cl2F3NO.C12H9Cl2NO.C4H8O/c14-7-3-4-8(15)10-9(7)6-2-1-5-12(20,11(6)19-10)13(16,17)18;13-7-4-5-8(14)12-10(7)6-2-1-3-9(16)11(6)15-12;1-2-4-5-3-1/h3-4,19-20H,1-2,5H2;4-5,15H,1-3H2;1-4H2. The highest BCUT2D eigenvalue weighted by Gasteiger charge is 2.57. The van der Waals surface area contributed by atoms with Crippen molar-refractivity contribution in [1.82, 2.24) is 9.97 Å². The quantitative estimate of drug-likeness (QED) is 0.178. The van der Waals surface area contributed by atoms with Crippen molar-refractivity contribution in [2.45, 2.75) is 63.1 Å². The van der Waals surface area contributed by atoms with Gasteiger partial charge in [0.25, 0.3) is 0 Å². The zero-order valence-corrected chi connectivity index (χ0v) is 24.8. The molecule has 5 nitrogen and oxygen atoms in total. The monoisotopic (exact) mass is 648 g/mol. The second-order valence-corrected chi connectivity index (χ2v) is 12.0. The first-order chi connectivity index (χ1) is 19.4. The maximum absolute atomic E-state index is 13.2. The van der Waals surface area contributed by atoms with Crippen LogP contribution in [0.3, 0.4) is 0 Å². The van der Waals surface area contributed by atoms with Crippen LogP contribution in [0.25, 0.3) is 21.8 Å². The van der Waals surface area contributed by atoms with Crippen molar-refractivity contribution in [3.05, 3.63) is 66.9 Å². The molecule has 3 heterocycles. The number of fused-ring (bicyclic) bond motifs is 6. The Hall–Kier alpha value is -1.94. The van der Waals surface area contributed by atoms with Gasteiger partial charge in [0.15, 0.2) is 5.78 Å². The minimum atomic E-state index is -4.75. The fourth-order valence-corrected chi connectivity index (χ4v) is 6.62. The number of ketones is 1. The van der Waals surface area contributed by atoms with Gasteiger partial charge in [-0.2, -0.15) is 13.2 Å². The van der Waals surface area contributed by atoms with Crippen LogP contribution >= 0.6 is 46.4 Å². The van der Waals surface area contributed by atoms with Crippen molar-refractivity contribution in [2.24, 2.45) is 0 Å². The number of Topliss-reactive ketones (excluding diaryl/α,β-unsaturated/α-hetero) is 1. The summed E-state index contributed by atoms with van der Waals surface area (Å²) in [5.74, 6) is 0.157. The molecule has 0 spiro atoms. The molecule has 220 valence electrons. The van der Waals surface area contributed by atoms with Crippen LogP contribution in [0.1, 0.15) is 65.8 Å². The van der Waals surface area contributed by atoms with Crippen LogP contribution < -0.4 is 0 Å². The number of hydrogen-bond acceptors (Lipinski definition) is 3. The van der Waals surface area contributed by atoms with Gasteiger partial charge in [0, 0.05) is 30.4 Å². The fraction of sp³-hybridized carbons (Fsp3) is 0.414. The van der Waals surface area contributed by atoms with Crippen molar-refractivity contribution in [1.29, 1.82) is 0 Å². The zero-order valence-electron chi connectivity index (χ0n) is 21.8. The van der Waals surface area contributed by atoms with E-state index in [-0.39, 0.29) is 29.3 Å². The number of benzene rings is 2. The minimum absolute atomic E-state index is 0.157. The zero-order chi connectivity index (χ0) is 29.5. The van der Waals surface area contributed by atoms with Gasteiger partial charge in [-0.3, -0.25) is 4.79 Å². The number of ether oxygens (including phenoxy) is 1. The van der Waals surface area contributed by atoms with Crippen LogP contribution in [0.4, 0.5) is 13.2 Å². The number of carbonyl (C=O) groups is 1. The summed E-state index contributed by atoms with van der Waals surface area (Å²) in [4.78, 5) is 17.5. The van der Waals surface area contributed by atoms with Gasteiger partial charge in [0.1, 0.15) is 0 Å². The van der Waals surface area contributed by atoms with Gasteiger partial charge in [-0.1, -0.05) is 46.4 Å². The van der Waals surface area contributed by atoms with Crippen LogP contribution in [0.5, 0.6) is 0 Å². The molecule has 0 amide bonds. The lowest BCUT2D eigenvalue weighted by atomic mass is 9.82. The van der Waals surface area contributed by atoms with Gasteiger partial charge in [0.2, 0.25) is 5.60 Å². The highest BCUT2D eigenvalue weighted by Crippen LogP contribution is 2.49. The van der Waals surface area contributed by atoms with Crippen LogP contribution in [-0.2, 0) is 23.2 Å². The Morgan fingerprint density at radius 3 is 1.85 bits per heavy atom. The summed E-state index contributed by atoms with van der Waals surface area (Å²) in [5, 5.41) is 13.4. The molecule has 7 rings (SSSR count). The Balaban J connectivity index is 0.000000143. The lowest BCUT2D eigenvalue weighted by Gasteiger charge is -2.34. The molecule has 3 N–H and O–H groups in total. The van der Waals surface area contributed by atoms with Gasteiger partial charge >= 0.3 is 6.18 Å². The van der Waals surface area contributed by atoms with Crippen LogP contribution in [0.2, 0.25) is 20.1 Å². The second-order valence-electron chi connectivity index (χ2n) is 10.3. The number of H-pyrrole nitrogens is 2. The van der Waals surface area contributed by atoms with Crippen molar-refractivity contribution in [3.63, 3.8) is 0 Å². The molecule has 0 radical (unpaired) electrons. The summed E-state index contributed by atoms with van der Waals surface area (Å²) >= 11 is 24.3. The number of rotatable bonds is 0. The highest BCUT2D eigenvalue weighted by molar-refractivity contribution is 6.41. The Morgan fingerprint density at radius 1 is 0.756 bits per heavy atom. The van der Waals surface area contributed by atoms with Crippen molar-refractivity contribution < 1.29 is 27.8 Å². The Bertz CT molecular complexity index is 1600. The third-order valence-electron chi connectivity index (χ3n) is 7.70. The summed E-state index contributed by atoms with van der Waals surface area (Å²) in [6.07, 6.45) is 0.484. The van der Waals surface area contributed by atoms with Crippen LogP contribution in [0.15, 0.2) is 24.3 Å². The smallest absolute Gasteiger partial charge is 0.381 e. The molecule has 12 heteroatoms. The van der Waals surface area contributed by atoms with E-state index >= 15 is 0 Å². The molecule has 3 aliphatic rings. The molecule has 2 aromatic carbocycles. The molecule has 1 aliphatic heterocycles. The largest absolute Gasteiger partial charge is 0.422 e. The number of aromatic nitrogens is 2. The van der Waals surface area contributed by atoms with E-state index in [1.807, 2.05) is 0 Å². The molecular formula is C29H27Cl4F3N2O3. The molecule has 1 saturated heterocycles. The number of alkyl halides is 3. The third-order valence-corrected chi connectivity index (χ3v) is 8.96. The summed E-state index contributed by atoms with van der Waals surface area (Å²) in [6.45, 7) is 2.00. The van der Waals surface area contributed by atoms with E-state index in [4.69, 9.17) is 51.1 Å². The molecule has 41 heavy (non-hydrogen) atoms.